The van der Waals surface area contributed by atoms with Crippen molar-refractivity contribution < 1.29 is 13.9 Å². The summed E-state index contributed by atoms with van der Waals surface area (Å²) in [6.45, 7) is 1.66. The molecule has 0 spiro atoms. The first-order valence-corrected chi connectivity index (χ1v) is 7.37. The van der Waals surface area contributed by atoms with E-state index in [0.717, 1.165) is 5.56 Å². The van der Waals surface area contributed by atoms with E-state index < -0.39 is 12.1 Å². The molecule has 0 fully saturated rings. The minimum Gasteiger partial charge on any atom is -0.449 e. The molecule has 1 unspecified atom stereocenters. The molecule has 0 radical (unpaired) electrons. The van der Waals surface area contributed by atoms with Crippen LogP contribution < -0.4 is 0 Å². The van der Waals surface area contributed by atoms with E-state index >= 15 is 0 Å². The van der Waals surface area contributed by atoms with Gasteiger partial charge in [-0.15, -0.1) is 10.2 Å². The van der Waals surface area contributed by atoms with Gasteiger partial charge in [-0.05, 0) is 31.2 Å². The molecule has 0 bridgehead atoms. The van der Waals surface area contributed by atoms with E-state index in [4.69, 9.17) is 20.8 Å². The van der Waals surface area contributed by atoms with Gasteiger partial charge in [0.1, 0.15) is 0 Å². The van der Waals surface area contributed by atoms with E-state index in [9.17, 15) is 4.79 Å². The van der Waals surface area contributed by atoms with E-state index in [1.54, 1.807) is 31.2 Å². The zero-order valence-corrected chi connectivity index (χ0v) is 13.0. The molecule has 6 heteroatoms. The molecular weight excluding hydrogens is 316 g/mol. The largest absolute Gasteiger partial charge is 0.449 e. The third-order valence-electron chi connectivity index (χ3n) is 3.19. The minimum absolute atomic E-state index is 0.226. The number of ether oxygens (including phenoxy) is 1. The van der Waals surface area contributed by atoms with Crippen LogP contribution in [-0.2, 0) is 4.74 Å². The van der Waals surface area contributed by atoms with Crippen LogP contribution in [0.1, 0.15) is 29.3 Å². The van der Waals surface area contributed by atoms with Crippen LogP contribution in [0, 0.1) is 0 Å². The standard InChI is InChI=1S/C17H13ClN2O3/c1-11(22-17(21)13-9-5-6-10-14(13)18)15-19-20-16(23-15)12-7-3-2-4-8-12/h2-11H,1H3. The van der Waals surface area contributed by atoms with Gasteiger partial charge in [0.15, 0.2) is 6.10 Å². The zero-order valence-electron chi connectivity index (χ0n) is 12.3. The topological polar surface area (TPSA) is 65.2 Å². The maximum Gasteiger partial charge on any atom is 0.340 e. The highest BCUT2D eigenvalue weighted by molar-refractivity contribution is 6.33. The summed E-state index contributed by atoms with van der Waals surface area (Å²) in [5, 5.41) is 8.24. The second-order valence-corrected chi connectivity index (χ2v) is 5.25. The van der Waals surface area contributed by atoms with Crippen LogP contribution in [0.25, 0.3) is 11.5 Å². The Balaban J connectivity index is 1.74. The van der Waals surface area contributed by atoms with Gasteiger partial charge < -0.3 is 9.15 Å². The van der Waals surface area contributed by atoms with Gasteiger partial charge in [-0.25, -0.2) is 4.79 Å². The lowest BCUT2D eigenvalue weighted by Gasteiger charge is -2.10. The van der Waals surface area contributed by atoms with Gasteiger partial charge >= 0.3 is 5.97 Å². The summed E-state index contributed by atoms with van der Waals surface area (Å²) in [7, 11) is 0. The fourth-order valence-corrected chi connectivity index (χ4v) is 2.21. The molecule has 23 heavy (non-hydrogen) atoms. The Morgan fingerprint density at radius 3 is 2.52 bits per heavy atom. The molecule has 0 saturated heterocycles. The summed E-state index contributed by atoms with van der Waals surface area (Å²) >= 11 is 5.98. The number of nitrogens with zero attached hydrogens (tertiary/aromatic N) is 2. The highest BCUT2D eigenvalue weighted by Gasteiger charge is 2.21. The third-order valence-corrected chi connectivity index (χ3v) is 3.52. The molecule has 2 aromatic carbocycles. The van der Waals surface area contributed by atoms with Crippen LogP contribution in [0.2, 0.25) is 5.02 Å². The molecule has 116 valence electrons. The summed E-state index contributed by atoms with van der Waals surface area (Å²) in [5.41, 5.74) is 1.10. The number of carbonyl (C=O) groups is 1. The van der Waals surface area contributed by atoms with E-state index in [1.165, 1.54) is 0 Å². The van der Waals surface area contributed by atoms with Gasteiger partial charge in [-0.2, -0.15) is 0 Å². The molecule has 0 aliphatic carbocycles. The first kappa shape index (κ1) is 15.2. The Morgan fingerprint density at radius 2 is 1.78 bits per heavy atom. The summed E-state index contributed by atoms with van der Waals surface area (Å²) < 4.78 is 10.9. The first-order valence-electron chi connectivity index (χ1n) is 6.99. The van der Waals surface area contributed by atoms with Gasteiger partial charge in [0, 0.05) is 5.56 Å². The number of halogens is 1. The fraction of sp³-hybridized carbons (Fsp3) is 0.118. The molecule has 0 aliphatic rings. The quantitative estimate of drug-likeness (QED) is 0.668. The second kappa shape index (κ2) is 6.62. The predicted molar refractivity (Wildman–Crippen MR) is 85.0 cm³/mol. The van der Waals surface area contributed by atoms with Crippen LogP contribution in [0.3, 0.4) is 0 Å². The summed E-state index contributed by atoms with van der Waals surface area (Å²) in [4.78, 5) is 12.1. The lowest BCUT2D eigenvalue weighted by molar-refractivity contribution is 0.0280. The number of esters is 1. The number of hydrogen-bond acceptors (Lipinski definition) is 5. The normalized spacial score (nSPS) is 11.9. The van der Waals surface area contributed by atoms with Crippen LogP contribution in [0.15, 0.2) is 59.0 Å². The van der Waals surface area contributed by atoms with Crippen molar-refractivity contribution in [3.8, 4) is 11.5 Å². The first-order chi connectivity index (χ1) is 11.1. The van der Waals surface area contributed by atoms with Crippen LogP contribution >= 0.6 is 11.6 Å². The molecule has 0 saturated carbocycles. The van der Waals surface area contributed by atoms with E-state index in [1.807, 2.05) is 30.3 Å². The maximum atomic E-state index is 12.1. The molecule has 0 aliphatic heterocycles. The third kappa shape index (κ3) is 3.40. The maximum absolute atomic E-state index is 12.1. The fourth-order valence-electron chi connectivity index (χ4n) is 2.00. The highest BCUT2D eigenvalue weighted by atomic mass is 35.5. The SMILES string of the molecule is CC(OC(=O)c1ccccc1Cl)c1nnc(-c2ccccc2)o1. The molecule has 1 aromatic heterocycles. The van der Waals surface area contributed by atoms with E-state index in [2.05, 4.69) is 10.2 Å². The van der Waals surface area contributed by atoms with Gasteiger partial charge in [0.2, 0.25) is 5.89 Å². The van der Waals surface area contributed by atoms with Gasteiger partial charge in [0.05, 0.1) is 10.6 Å². The Bertz CT molecular complexity index is 817. The Labute approximate surface area is 137 Å². The molecule has 1 atom stereocenters. The van der Waals surface area contributed by atoms with Crippen molar-refractivity contribution in [3.63, 3.8) is 0 Å². The smallest absolute Gasteiger partial charge is 0.340 e. The molecule has 3 rings (SSSR count). The number of carbonyl (C=O) groups excluding carboxylic acids is 1. The number of rotatable bonds is 4. The molecule has 0 N–H and O–H groups in total. The number of aromatic nitrogens is 2. The van der Waals surface area contributed by atoms with Crippen LogP contribution in [0.5, 0.6) is 0 Å². The molecule has 1 heterocycles. The van der Waals surface area contributed by atoms with Gasteiger partial charge in [-0.1, -0.05) is 41.9 Å². The second-order valence-electron chi connectivity index (χ2n) is 4.84. The zero-order chi connectivity index (χ0) is 16.2. The molecule has 3 aromatic rings. The van der Waals surface area contributed by atoms with Crippen molar-refractivity contribution in [1.29, 1.82) is 0 Å². The van der Waals surface area contributed by atoms with Gasteiger partial charge in [-0.3, -0.25) is 0 Å². The Hall–Kier alpha value is -2.66. The average Bonchev–Trinajstić information content (AvgIpc) is 3.06. The lowest BCUT2D eigenvalue weighted by atomic mass is 10.2. The Morgan fingerprint density at radius 1 is 1.09 bits per heavy atom. The van der Waals surface area contributed by atoms with Crippen molar-refractivity contribution in [2.75, 3.05) is 0 Å². The van der Waals surface area contributed by atoms with Crippen LogP contribution in [-0.4, -0.2) is 16.2 Å². The van der Waals surface area contributed by atoms with Crippen molar-refractivity contribution in [2.24, 2.45) is 0 Å². The van der Waals surface area contributed by atoms with Crippen molar-refractivity contribution in [1.82, 2.24) is 10.2 Å². The van der Waals surface area contributed by atoms with E-state index in [0.29, 0.717) is 16.5 Å². The highest BCUT2D eigenvalue weighted by Crippen LogP contribution is 2.24. The van der Waals surface area contributed by atoms with Crippen molar-refractivity contribution in [2.45, 2.75) is 13.0 Å². The molecule has 5 nitrogen and oxygen atoms in total. The lowest BCUT2D eigenvalue weighted by Crippen LogP contribution is -2.10. The average molecular weight is 329 g/mol. The summed E-state index contributed by atoms with van der Waals surface area (Å²) in [6.07, 6.45) is -0.677. The van der Waals surface area contributed by atoms with Crippen molar-refractivity contribution in [3.05, 3.63) is 71.1 Å². The van der Waals surface area contributed by atoms with Crippen LogP contribution in [0.4, 0.5) is 0 Å². The van der Waals surface area contributed by atoms with E-state index in [-0.39, 0.29) is 5.89 Å². The summed E-state index contributed by atoms with van der Waals surface area (Å²) in [5.74, 6) is 0.0630. The molecule has 0 amide bonds. The number of benzene rings is 2. The Kier molecular flexibility index (Phi) is 4.39. The minimum atomic E-state index is -0.677. The number of hydrogen-bond donors (Lipinski definition) is 0. The monoisotopic (exact) mass is 328 g/mol. The van der Waals surface area contributed by atoms with Crippen molar-refractivity contribution >= 4 is 17.6 Å². The van der Waals surface area contributed by atoms with Gasteiger partial charge in [0.25, 0.3) is 5.89 Å². The summed E-state index contributed by atoms with van der Waals surface area (Å²) in [6, 6.07) is 16.0. The predicted octanol–water partition coefficient (Wildman–Crippen LogP) is 4.31. The molecular formula is C17H13ClN2O3.